The fourth-order valence-electron chi connectivity index (χ4n) is 3.62. The van der Waals surface area contributed by atoms with Gasteiger partial charge in [0.25, 0.3) is 0 Å². The van der Waals surface area contributed by atoms with Gasteiger partial charge in [0.15, 0.2) is 11.6 Å². The highest BCUT2D eigenvalue weighted by Crippen LogP contribution is 2.30. The monoisotopic (exact) mass is 376 g/mol. The summed E-state index contributed by atoms with van der Waals surface area (Å²) in [6.45, 7) is 4.84. The number of nitrogens with zero attached hydrogens (tertiary/aromatic N) is 4. The number of hydrogen-bond donors (Lipinski definition) is 0. The average molecular weight is 376 g/mol. The van der Waals surface area contributed by atoms with E-state index >= 15 is 0 Å². The number of carbonyl (C=O) groups is 1. The van der Waals surface area contributed by atoms with E-state index in [4.69, 9.17) is 4.52 Å². The van der Waals surface area contributed by atoms with Gasteiger partial charge in [0, 0.05) is 56.8 Å². The topological polar surface area (TPSA) is 52.8 Å². The fourth-order valence-corrected chi connectivity index (χ4v) is 3.62. The molecule has 1 aromatic heterocycles. The first-order valence-electron chi connectivity index (χ1n) is 9.13. The Labute approximate surface area is 156 Å². The summed E-state index contributed by atoms with van der Waals surface area (Å²) in [7, 11) is 2.06. The van der Waals surface area contributed by atoms with E-state index in [9.17, 15) is 13.6 Å². The van der Waals surface area contributed by atoms with Crippen molar-refractivity contribution in [3.63, 3.8) is 0 Å². The predicted octanol–water partition coefficient (Wildman–Crippen LogP) is 1.75. The molecule has 0 spiro atoms. The Morgan fingerprint density at radius 1 is 1.15 bits per heavy atom. The minimum atomic E-state index is -0.915. The standard InChI is InChI=1S/C19H22F2N4O2/c1-23-6-8-25(9-7-23)18(26)12-24-5-4-17-14(11-24)19(22-27-17)13-2-3-15(20)16(21)10-13/h2-3,10H,4-9,11-12H2,1H3. The summed E-state index contributed by atoms with van der Waals surface area (Å²) < 4.78 is 32.2. The van der Waals surface area contributed by atoms with Gasteiger partial charge in [-0.3, -0.25) is 9.69 Å². The molecule has 0 radical (unpaired) electrons. The van der Waals surface area contributed by atoms with Gasteiger partial charge in [-0.25, -0.2) is 8.78 Å². The van der Waals surface area contributed by atoms with Gasteiger partial charge in [-0.1, -0.05) is 5.16 Å². The molecule has 8 heteroatoms. The third kappa shape index (κ3) is 3.72. The van der Waals surface area contributed by atoms with E-state index in [1.807, 2.05) is 4.90 Å². The number of hydrogen-bond acceptors (Lipinski definition) is 5. The molecule has 2 aromatic rings. The van der Waals surface area contributed by atoms with Crippen molar-refractivity contribution < 1.29 is 18.1 Å². The maximum atomic E-state index is 13.6. The number of rotatable bonds is 3. The Hall–Kier alpha value is -2.32. The number of carbonyl (C=O) groups excluding carboxylic acids is 1. The van der Waals surface area contributed by atoms with E-state index in [1.54, 1.807) is 0 Å². The summed E-state index contributed by atoms with van der Waals surface area (Å²) in [6, 6.07) is 3.70. The van der Waals surface area contributed by atoms with Crippen LogP contribution in [0.1, 0.15) is 11.3 Å². The van der Waals surface area contributed by atoms with Crippen LogP contribution >= 0.6 is 0 Å². The maximum absolute atomic E-state index is 13.6. The first-order valence-corrected chi connectivity index (χ1v) is 9.13. The van der Waals surface area contributed by atoms with Crippen LogP contribution < -0.4 is 0 Å². The van der Waals surface area contributed by atoms with Crippen LogP contribution in [0.5, 0.6) is 0 Å². The van der Waals surface area contributed by atoms with Crippen LogP contribution in [0, 0.1) is 11.6 Å². The van der Waals surface area contributed by atoms with Crippen LogP contribution in [0.2, 0.25) is 0 Å². The highest BCUT2D eigenvalue weighted by molar-refractivity contribution is 5.78. The molecular formula is C19H22F2N4O2. The summed E-state index contributed by atoms with van der Waals surface area (Å²) in [5, 5.41) is 4.06. The third-order valence-corrected chi connectivity index (χ3v) is 5.31. The number of benzene rings is 1. The number of likely N-dealkylation sites (N-methyl/N-ethyl adjacent to an activating group) is 1. The quantitative estimate of drug-likeness (QED) is 0.817. The first kappa shape index (κ1) is 18.1. The zero-order chi connectivity index (χ0) is 19.0. The van der Waals surface area contributed by atoms with Gasteiger partial charge in [-0.05, 0) is 25.2 Å². The molecule has 1 amide bonds. The zero-order valence-corrected chi connectivity index (χ0v) is 15.3. The fraction of sp³-hybridized carbons (Fsp3) is 0.474. The molecule has 0 atom stereocenters. The predicted molar refractivity (Wildman–Crippen MR) is 94.9 cm³/mol. The minimum Gasteiger partial charge on any atom is -0.360 e. The maximum Gasteiger partial charge on any atom is 0.236 e. The second kappa shape index (κ2) is 7.36. The minimum absolute atomic E-state index is 0.123. The lowest BCUT2D eigenvalue weighted by molar-refractivity contribution is -0.134. The molecule has 0 aliphatic carbocycles. The average Bonchev–Trinajstić information content (AvgIpc) is 3.08. The van der Waals surface area contributed by atoms with Crippen LogP contribution in [0.15, 0.2) is 22.7 Å². The molecule has 144 valence electrons. The van der Waals surface area contributed by atoms with E-state index in [-0.39, 0.29) is 5.91 Å². The molecule has 27 heavy (non-hydrogen) atoms. The van der Waals surface area contributed by atoms with E-state index in [1.165, 1.54) is 6.07 Å². The smallest absolute Gasteiger partial charge is 0.236 e. The summed E-state index contributed by atoms with van der Waals surface area (Å²) in [5.74, 6) is -0.937. The number of amides is 1. The first-order chi connectivity index (χ1) is 13.0. The summed E-state index contributed by atoms with van der Waals surface area (Å²) in [5.41, 5.74) is 1.84. The Kier molecular flexibility index (Phi) is 4.92. The van der Waals surface area contributed by atoms with Crippen LogP contribution in [0.25, 0.3) is 11.3 Å². The summed E-state index contributed by atoms with van der Waals surface area (Å²) >= 11 is 0. The molecular weight excluding hydrogens is 354 g/mol. The van der Waals surface area contributed by atoms with Gasteiger partial charge in [-0.2, -0.15) is 0 Å². The van der Waals surface area contributed by atoms with E-state index in [2.05, 4.69) is 22.0 Å². The van der Waals surface area contributed by atoms with Crippen molar-refractivity contribution in [2.24, 2.45) is 0 Å². The lowest BCUT2D eigenvalue weighted by atomic mass is 10.0. The number of aromatic nitrogens is 1. The van der Waals surface area contributed by atoms with Crippen LogP contribution in [-0.4, -0.2) is 72.1 Å². The number of fused-ring (bicyclic) bond motifs is 1. The van der Waals surface area contributed by atoms with E-state index in [0.29, 0.717) is 37.3 Å². The van der Waals surface area contributed by atoms with Gasteiger partial charge >= 0.3 is 0 Å². The Morgan fingerprint density at radius 3 is 2.67 bits per heavy atom. The third-order valence-electron chi connectivity index (χ3n) is 5.31. The van der Waals surface area contributed by atoms with Gasteiger partial charge < -0.3 is 14.3 Å². The van der Waals surface area contributed by atoms with E-state index in [0.717, 1.165) is 49.6 Å². The lowest BCUT2D eigenvalue weighted by Gasteiger charge is -2.34. The number of halogens is 2. The van der Waals surface area contributed by atoms with E-state index < -0.39 is 11.6 Å². The Bertz CT molecular complexity index is 846. The molecule has 0 bridgehead atoms. The van der Waals surface area contributed by atoms with Crippen LogP contribution in [0.4, 0.5) is 8.78 Å². The molecule has 3 heterocycles. The molecule has 2 aliphatic rings. The molecule has 1 aromatic carbocycles. The van der Waals surface area contributed by atoms with Crippen molar-refractivity contribution in [1.29, 1.82) is 0 Å². The summed E-state index contributed by atoms with van der Waals surface area (Å²) in [6.07, 6.45) is 0.641. The molecule has 6 nitrogen and oxygen atoms in total. The normalized spacial score (nSPS) is 18.6. The van der Waals surface area contributed by atoms with Crippen molar-refractivity contribution in [3.05, 3.63) is 41.2 Å². The SMILES string of the molecule is CN1CCN(C(=O)CN2CCc3onc(-c4ccc(F)c(F)c4)c3C2)CC1. The molecule has 0 saturated carbocycles. The van der Waals surface area contributed by atoms with Crippen molar-refractivity contribution in [2.75, 3.05) is 46.3 Å². The molecule has 0 N–H and O–H groups in total. The van der Waals surface area contributed by atoms with Gasteiger partial charge in [0.2, 0.25) is 5.91 Å². The zero-order valence-electron chi connectivity index (χ0n) is 15.3. The summed E-state index contributed by atoms with van der Waals surface area (Å²) in [4.78, 5) is 18.8. The van der Waals surface area contributed by atoms with Crippen molar-refractivity contribution >= 4 is 5.91 Å². The second-order valence-corrected chi connectivity index (χ2v) is 7.21. The molecule has 1 fully saturated rings. The molecule has 2 aliphatic heterocycles. The highest BCUT2D eigenvalue weighted by atomic mass is 19.2. The largest absolute Gasteiger partial charge is 0.360 e. The molecule has 0 unspecified atom stereocenters. The van der Waals surface area contributed by atoms with Crippen molar-refractivity contribution in [1.82, 2.24) is 19.9 Å². The van der Waals surface area contributed by atoms with Crippen LogP contribution in [0.3, 0.4) is 0 Å². The van der Waals surface area contributed by atoms with Gasteiger partial charge in [0.05, 0.1) is 6.54 Å². The Balaban J connectivity index is 1.47. The van der Waals surface area contributed by atoms with Crippen molar-refractivity contribution in [2.45, 2.75) is 13.0 Å². The van der Waals surface area contributed by atoms with Crippen molar-refractivity contribution in [3.8, 4) is 11.3 Å². The van der Waals surface area contributed by atoms with Gasteiger partial charge in [0.1, 0.15) is 11.5 Å². The molecule has 4 rings (SSSR count). The molecule has 1 saturated heterocycles. The Morgan fingerprint density at radius 2 is 1.93 bits per heavy atom. The lowest BCUT2D eigenvalue weighted by Crippen LogP contribution is -2.50. The second-order valence-electron chi connectivity index (χ2n) is 7.21. The number of piperazine rings is 1. The highest BCUT2D eigenvalue weighted by Gasteiger charge is 2.28. The van der Waals surface area contributed by atoms with Gasteiger partial charge in [-0.15, -0.1) is 0 Å². The van der Waals surface area contributed by atoms with Crippen LogP contribution in [-0.2, 0) is 17.8 Å².